The van der Waals surface area contributed by atoms with E-state index in [1.165, 1.54) is 16.4 Å². The Morgan fingerprint density at radius 1 is 1.17 bits per heavy atom. The molecule has 4 rings (SSSR count). The maximum atomic E-state index is 14.3. The van der Waals surface area contributed by atoms with Gasteiger partial charge in [0, 0.05) is 42.3 Å². The molecule has 1 aliphatic rings. The molecular formula is C21H22FN3O4S. The van der Waals surface area contributed by atoms with Crippen LogP contribution in [0, 0.1) is 5.82 Å². The molecule has 30 heavy (non-hydrogen) atoms. The Morgan fingerprint density at radius 3 is 2.73 bits per heavy atom. The smallest absolute Gasteiger partial charge is 0.246 e. The number of rotatable bonds is 6. The Labute approximate surface area is 173 Å². The van der Waals surface area contributed by atoms with Crippen molar-refractivity contribution in [1.29, 1.82) is 0 Å². The number of carbonyl (C=O) groups excluding carboxylic acids is 1. The van der Waals surface area contributed by atoms with Crippen LogP contribution in [-0.4, -0.2) is 49.9 Å². The van der Waals surface area contributed by atoms with E-state index < -0.39 is 20.7 Å². The quantitative estimate of drug-likeness (QED) is 0.628. The third-order valence-corrected chi connectivity index (χ3v) is 7.01. The zero-order valence-corrected chi connectivity index (χ0v) is 17.0. The van der Waals surface area contributed by atoms with Gasteiger partial charge in [0.15, 0.2) is 0 Å². The minimum absolute atomic E-state index is 0.170. The molecule has 3 aromatic rings. The Kier molecular flexibility index (Phi) is 5.85. The maximum Gasteiger partial charge on any atom is 0.246 e. The number of aromatic amines is 1. The number of aromatic nitrogens is 1. The highest BCUT2D eigenvalue weighted by molar-refractivity contribution is 7.89. The van der Waals surface area contributed by atoms with Crippen molar-refractivity contribution in [3.8, 4) is 0 Å². The van der Waals surface area contributed by atoms with Gasteiger partial charge in [0.25, 0.3) is 0 Å². The highest BCUT2D eigenvalue weighted by Gasteiger charge is 2.29. The summed E-state index contributed by atoms with van der Waals surface area (Å²) in [5.74, 6) is -1.13. The molecule has 1 fully saturated rings. The van der Waals surface area contributed by atoms with E-state index >= 15 is 0 Å². The van der Waals surface area contributed by atoms with Crippen molar-refractivity contribution in [2.75, 3.05) is 31.6 Å². The number of benzene rings is 2. The molecule has 1 amide bonds. The van der Waals surface area contributed by atoms with Crippen LogP contribution in [0.5, 0.6) is 0 Å². The summed E-state index contributed by atoms with van der Waals surface area (Å²) in [7, 11) is -4.00. The van der Waals surface area contributed by atoms with Gasteiger partial charge in [0.2, 0.25) is 15.9 Å². The summed E-state index contributed by atoms with van der Waals surface area (Å²) in [6, 6.07) is 11.4. The number of amides is 1. The topological polar surface area (TPSA) is 91.5 Å². The fraction of sp³-hybridized carbons (Fsp3) is 0.286. The van der Waals surface area contributed by atoms with Gasteiger partial charge in [-0.2, -0.15) is 4.31 Å². The molecular weight excluding hydrogens is 409 g/mol. The lowest BCUT2D eigenvalue weighted by Gasteiger charge is -2.26. The van der Waals surface area contributed by atoms with Gasteiger partial charge in [-0.1, -0.05) is 18.2 Å². The third-order valence-electron chi connectivity index (χ3n) is 5.10. The van der Waals surface area contributed by atoms with E-state index in [9.17, 15) is 17.6 Å². The number of fused-ring (bicyclic) bond motifs is 1. The van der Waals surface area contributed by atoms with Gasteiger partial charge >= 0.3 is 0 Å². The summed E-state index contributed by atoms with van der Waals surface area (Å²) in [4.78, 5) is 15.1. The average molecular weight is 431 g/mol. The van der Waals surface area contributed by atoms with Crippen LogP contribution >= 0.6 is 0 Å². The molecule has 9 heteroatoms. The molecule has 1 aliphatic heterocycles. The van der Waals surface area contributed by atoms with E-state index in [1.54, 1.807) is 0 Å². The second-order valence-electron chi connectivity index (χ2n) is 7.07. The highest BCUT2D eigenvalue weighted by atomic mass is 32.2. The molecule has 1 aromatic heterocycles. The maximum absolute atomic E-state index is 14.3. The SMILES string of the molecule is O=C(CCc1c[nH]c2ccccc12)Nc1ccc(F)c(S(=O)(=O)N2CCOCC2)c1. The summed E-state index contributed by atoms with van der Waals surface area (Å²) in [5.41, 5.74) is 2.27. The number of ether oxygens (including phenoxy) is 1. The number of hydrogen-bond acceptors (Lipinski definition) is 4. The molecule has 2 aromatic carbocycles. The van der Waals surface area contributed by atoms with Crippen LogP contribution in [-0.2, 0) is 26.0 Å². The summed E-state index contributed by atoms with van der Waals surface area (Å²) >= 11 is 0. The number of sulfonamides is 1. The predicted molar refractivity (Wildman–Crippen MR) is 111 cm³/mol. The lowest BCUT2D eigenvalue weighted by Crippen LogP contribution is -2.40. The summed E-state index contributed by atoms with van der Waals surface area (Å²) in [5, 5.41) is 3.73. The number of nitrogens with zero attached hydrogens (tertiary/aromatic N) is 1. The van der Waals surface area contributed by atoms with E-state index in [-0.39, 0.29) is 44.3 Å². The summed E-state index contributed by atoms with van der Waals surface area (Å²) in [6.45, 7) is 0.877. The highest BCUT2D eigenvalue weighted by Crippen LogP contribution is 2.24. The fourth-order valence-corrected chi connectivity index (χ4v) is 5.01. The van der Waals surface area contributed by atoms with Crippen LogP contribution in [0.1, 0.15) is 12.0 Å². The van der Waals surface area contributed by atoms with E-state index in [2.05, 4.69) is 10.3 Å². The minimum Gasteiger partial charge on any atom is -0.379 e. The molecule has 158 valence electrons. The van der Waals surface area contributed by atoms with Gasteiger partial charge in [-0.25, -0.2) is 12.8 Å². The first-order chi connectivity index (χ1) is 14.4. The van der Waals surface area contributed by atoms with E-state index in [4.69, 9.17) is 4.74 Å². The average Bonchev–Trinajstić information content (AvgIpc) is 3.17. The van der Waals surface area contributed by atoms with E-state index in [1.807, 2.05) is 30.5 Å². The first kappa shape index (κ1) is 20.5. The number of carbonyl (C=O) groups is 1. The largest absolute Gasteiger partial charge is 0.379 e. The van der Waals surface area contributed by atoms with Crippen molar-refractivity contribution < 1.29 is 22.3 Å². The second kappa shape index (κ2) is 8.55. The summed E-state index contributed by atoms with van der Waals surface area (Å²) < 4.78 is 46.2. The predicted octanol–water partition coefficient (Wildman–Crippen LogP) is 2.90. The van der Waals surface area contributed by atoms with Crippen molar-refractivity contribution in [2.45, 2.75) is 17.7 Å². The molecule has 2 heterocycles. The first-order valence-corrected chi connectivity index (χ1v) is 11.1. The zero-order valence-electron chi connectivity index (χ0n) is 16.2. The normalized spacial score (nSPS) is 15.4. The number of hydrogen-bond donors (Lipinski definition) is 2. The monoisotopic (exact) mass is 431 g/mol. The molecule has 2 N–H and O–H groups in total. The number of para-hydroxylation sites is 1. The molecule has 0 aliphatic carbocycles. The van der Waals surface area contributed by atoms with Crippen molar-refractivity contribution in [2.24, 2.45) is 0 Å². The zero-order chi connectivity index (χ0) is 21.1. The Hall–Kier alpha value is -2.75. The fourth-order valence-electron chi connectivity index (χ4n) is 3.51. The van der Waals surface area contributed by atoms with Crippen LogP contribution in [0.4, 0.5) is 10.1 Å². The van der Waals surface area contributed by atoms with Gasteiger partial charge in [-0.3, -0.25) is 4.79 Å². The van der Waals surface area contributed by atoms with Crippen LogP contribution in [0.15, 0.2) is 53.6 Å². The molecule has 7 nitrogen and oxygen atoms in total. The van der Waals surface area contributed by atoms with Crippen molar-refractivity contribution in [1.82, 2.24) is 9.29 Å². The number of anilines is 1. The molecule has 0 spiro atoms. The van der Waals surface area contributed by atoms with Crippen molar-refractivity contribution in [3.63, 3.8) is 0 Å². The summed E-state index contributed by atoms with van der Waals surface area (Å²) in [6.07, 6.45) is 2.61. The second-order valence-corrected chi connectivity index (χ2v) is 8.98. The Morgan fingerprint density at radius 2 is 1.93 bits per heavy atom. The lowest BCUT2D eigenvalue weighted by atomic mass is 10.1. The molecule has 0 bridgehead atoms. The van der Waals surface area contributed by atoms with Crippen molar-refractivity contribution in [3.05, 3.63) is 60.0 Å². The molecule has 0 radical (unpaired) electrons. The number of halogens is 1. The van der Waals surface area contributed by atoms with Gasteiger partial charge < -0.3 is 15.0 Å². The van der Waals surface area contributed by atoms with Gasteiger partial charge in [0.05, 0.1) is 13.2 Å². The number of morpholine rings is 1. The minimum atomic E-state index is -4.00. The molecule has 0 unspecified atom stereocenters. The number of nitrogens with one attached hydrogen (secondary N) is 2. The van der Waals surface area contributed by atoms with Crippen molar-refractivity contribution >= 4 is 32.5 Å². The molecule has 0 saturated carbocycles. The van der Waals surface area contributed by atoms with Crippen LogP contribution in [0.3, 0.4) is 0 Å². The number of H-pyrrole nitrogens is 1. The van der Waals surface area contributed by atoms with Crippen LogP contribution < -0.4 is 5.32 Å². The van der Waals surface area contributed by atoms with Gasteiger partial charge in [-0.05, 0) is 36.2 Å². The van der Waals surface area contributed by atoms with Crippen LogP contribution in [0.25, 0.3) is 10.9 Å². The standard InChI is InChI=1S/C21H22FN3O4S/c22-18-7-6-16(13-20(18)30(27,28)25-9-11-29-12-10-25)24-21(26)8-5-15-14-23-19-4-2-1-3-17(15)19/h1-4,6-7,13-14,23H,5,8-12H2,(H,24,26). The van der Waals surface area contributed by atoms with Crippen LogP contribution in [0.2, 0.25) is 0 Å². The van der Waals surface area contributed by atoms with Gasteiger partial charge in [-0.15, -0.1) is 0 Å². The Balaban J connectivity index is 1.45. The Bertz CT molecular complexity index is 1170. The van der Waals surface area contributed by atoms with E-state index in [0.717, 1.165) is 22.5 Å². The molecule has 1 saturated heterocycles. The van der Waals surface area contributed by atoms with E-state index in [0.29, 0.717) is 6.42 Å². The number of aryl methyl sites for hydroxylation is 1. The van der Waals surface area contributed by atoms with Gasteiger partial charge in [0.1, 0.15) is 10.7 Å². The molecule has 0 atom stereocenters. The first-order valence-electron chi connectivity index (χ1n) is 9.67. The lowest BCUT2D eigenvalue weighted by molar-refractivity contribution is -0.116. The third kappa shape index (κ3) is 4.23.